The highest BCUT2D eigenvalue weighted by molar-refractivity contribution is 7.54. The van der Waals surface area contributed by atoms with Gasteiger partial charge in [-0.3, -0.25) is 106 Å². The molecule has 5 aliphatic rings. The molecule has 0 saturated carbocycles. The van der Waals surface area contributed by atoms with Gasteiger partial charge in [0.15, 0.2) is 0 Å². The van der Waals surface area contributed by atoms with E-state index in [2.05, 4.69) is 18.2 Å². The fourth-order valence-corrected chi connectivity index (χ4v) is 10.8. The molecule has 6 atom stereocenters. The van der Waals surface area contributed by atoms with Crippen LogP contribution in [0.25, 0.3) is 0 Å². The van der Waals surface area contributed by atoms with Crippen LogP contribution >= 0.6 is 30.1 Å². The molecule has 0 radical (unpaired) electrons. The third kappa shape index (κ3) is 31.7. The molecule has 5 heterocycles. The molecule has 5 fully saturated rings. The first-order valence-electron chi connectivity index (χ1n) is 29.0. The number of amides is 6. The molecular weight excluding hydrogens is 1280 g/mol. The molecule has 30 nitrogen and oxygen atoms in total. The minimum Gasteiger partial charge on any atom is -1.00 e. The number of carbonyl (C=O) groups is 14. The van der Waals surface area contributed by atoms with E-state index < -0.39 is 74.6 Å². The second-order valence-corrected chi connectivity index (χ2v) is 29.2. The Kier molecular flexibility index (Phi) is 37.9. The number of hydrogen-bond acceptors (Lipinski definition) is 22. The summed E-state index contributed by atoms with van der Waals surface area (Å²) in [7, 11) is 14.8. The molecule has 500 valence electrons. The first-order valence-corrected chi connectivity index (χ1v) is 35.6. The molecule has 89 heavy (non-hydrogen) atoms. The Morgan fingerprint density at radius 1 is 0.551 bits per heavy atom. The molecule has 6 N–H and O–H groups in total. The van der Waals surface area contributed by atoms with Crippen LogP contribution in [0, 0.1) is 11.8 Å². The minimum atomic E-state index is -3.93. The average molecular weight is 1360 g/mol. The van der Waals surface area contributed by atoms with Crippen molar-refractivity contribution in [3.05, 3.63) is 0 Å². The van der Waals surface area contributed by atoms with Gasteiger partial charge in [-0.2, -0.15) is 0 Å². The van der Waals surface area contributed by atoms with Gasteiger partial charge in [-0.05, 0) is 25.7 Å². The van der Waals surface area contributed by atoms with E-state index in [4.69, 9.17) is 30.1 Å². The molecule has 0 aromatic carbocycles. The number of nitrogens with one attached hydrogen (secondary N) is 2. The summed E-state index contributed by atoms with van der Waals surface area (Å²) in [5.41, 5.74) is 0. The second-order valence-electron chi connectivity index (χ2n) is 21.7. The van der Waals surface area contributed by atoms with Crippen molar-refractivity contribution in [2.75, 3.05) is 131 Å². The summed E-state index contributed by atoms with van der Waals surface area (Å²) in [4.78, 5) is 180. The number of halogens is 5. The summed E-state index contributed by atoms with van der Waals surface area (Å²) in [5, 5.41) is 43.6. The van der Waals surface area contributed by atoms with Crippen molar-refractivity contribution in [3.8, 4) is 0 Å². The quantitative estimate of drug-likeness (QED) is 0.0245. The second kappa shape index (κ2) is 42.1. The number of aliphatic carboxylic acids is 4. The van der Waals surface area contributed by atoms with Crippen molar-refractivity contribution in [2.45, 2.75) is 103 Å². The molecule has 0 spiro atoms. The maximum atomic E-state index is 13.9. The Balaban J connectivity index is 0.000000567. The number of hydrogen-bond donors (Lipinski definition) is 6. The monoisotopic (exact) mass is 1360 g/mol. The van der Waals surface area contributed by atoms with E-state index >= 15 is 0 Å². The van der Waals surface area contributed by atoms with Gasteiger partial charge >= 0.3 is 50.5 Å². The van der Waals surface area contributed by atoms with Crippen LogP contribution in [0.2, 0.25) is 0 Å². The molecule has 0 aliphatic carbocycles. The Hall–Kier alpha value is -5.07. The largest absolute Gasteiger partial charge is 1.15 e. The first kappa shape index (κ1) is 80.0. The standard InChI is InChI=1S/2C26H41N5O10.2Al.3ClH.2FH/c2*1-18-15-22(34)31(25(18)39)8-6-19(32)3-2-7-27-21(33)5-4-20(26(40)41)30-13-11-28(16-23(35)36)9-10-29(12-14-30)17-24(37)38;;;;;;;/h2*18,20H,2-17H2,1H3,(H,27,33)(H,35,36)(H,37,38)(H,40,41);;;5*1H/q;;2*+3;;;;;/p-7/i;;;;;;;2*1-1. The lowest BCUT2D eigenvalue weighted by atomic mass is 10.1. The fourth-order valence-electron chi connectivity index (χ4n) is 10.2. The highest BCUT2D eigenvalue weighted by Gasteiger charge is 2.43. The molecule has 5 aliphatic heterocycles. The normalized spacial score (nSPS) is 21.6. The minimum absolute atomic E-state index is 0. The number of Topliss-reactive ketones (excluding diaryl/α,β-unsaturated/α-hetero) is 2. The lowest BCUT2D eigenvalue weighted by Gasteiger charge is -2.30. The Morgan fingerprint density at radius 2 is 0.876 bits per heavy atom. The predicted octanol–water partition coefficient (Wildman–Crippen LogP) is -4.30. The molecule has 5 rings (SSSR count). The first-order chi connectivity index (χ1) is 41.5. The van der Waals surface area contributed by atoms with Gasteiger partial charge in [-0.15, -0.1) is 0 Å². The number of carboxylic acids is 4. The molecule has 37 heteroatoms. The number of carboxylic acid groups (broad SMARTS) is 4. The van der Waals surface area contributed by atoms with E-state index in [0.717, 1.165) is 9.80 Å². The molecule has 2 bridgehead atoms. The van der Waals surface area contributed by atoms with E-state index in [1.54, 1.807) is 43.2 Å². The van der Waals surface area contributed by atoms with Crippen molar-refractivity contribution in [1.82, 2.24) is 49.8 Å². The van der Waals surface area contributed by atoms with Gasteiger partial charge in [0.25, 0.3) is 11.9 Å². The van der Waals surface area contributed by atoms with Crippen molar-refractivity contribution >= 4 is 140 Å². The van der Waals surface area contributed by atoms with Gasteiger partial charge in [0, 0.05) is 168 Å². The van der Waals surface area contributed by atoms with E-state index in [1.807, 2.05) is 0 Å². The van der Waals surface area contributed by atoms with Gasteiger partial charge in [-0.1, -0.05) is 13.8 Å². The van der Waals surface area contributed by atoms with Gasteiger partial charge in [0.1, 0.15) is 23.7 Å². The van der Waals surface area contributed by atoms with Crippen LogP contribution < -0.4 is 15.3 Å². The summed E-state index contributed by atoms with van der Waals surface area (Å²) >= 11 is -5.65. The number of fused-ring (bicyclic) bond motifs is 3. The summed E-state index contributed by atoms with van der Waals surface area (Å²) in [6.45, 7) is 6.43. The molecule has 0 aromatic rings. The lowest BCUT2D eigenvalue weighted by molar-refractivity contribution is -0.146. The van der Waals surface area contributed by atoms with Crippen molar-refractivity contribution in [1.29, 1.82) is 0 Å². The number of carbonyl (C=O) groups excluding carboxylic acids is 10. The van der Waals surface area contributed by atoms with Crippen molar-refractivity contribution < 1.29 is 103 Å². The van der Waals surface area contributed by atoms with Crippen LogP contribution in [0.1, 0.15) is 90.9 Å². The molecule has 5 saturated heterocycles. The third-order valence-electron chi connectivity index (χ3n) is 15.0. The number of nitrogens with zero attached hydrogens (tertiary/aromatic N) is 8. The van der Waals surface area contributed by atoms with E-state index in [1.165, 1.54) is 0 Å². The van der Waals surface area contributed by atoms with Crippen LogP contribution in [-0.4, -0.2) is 312 Å². The van der Waals surface area contributed by atoms with Crippen LogP contribution in [0.3, 0.4) is 0 Å². The van der Waals surface area contributed by atoms with Gasteiger partial charge < -0.3 is 46.9 Å². The van der Waals surface area contributed by atoms with E-state index in [0.29, 0.717) is 52.1 Å². The smallest absolute Gasteiger partial charge is 1.00 e. The van der Waals surface area contributed by atoms with E-state index in [-0.39, 0.29) is 219 Å². The predicted molar refractivity (Wildman–Crippen MR) is 313 cm³/mol. The average Bonchev–Trinajstić information content (AvgIpc) is 4.16. The highest BCUT2D eigenvalue weighted by atomic mass is 35.8. The molecule has 6 unspecified atom stereocenters. The maximum Gasteiger partial charge on any atom is 1.15 e. The van der Waals surface area contributed by atoms with Gasteiger partial charge in [0.05, 0.1) is 26.2 Å². The third-order valence-corrected chi connectivity index (χ3v) is 15.9. The molecular formula is C52H80Al2Cl3F2N10O20-. The zero-order chi connectivity index (χ0) is 65.6. The SMILES string of the molecule is CC1CC(=O)N(CCC(=O)CCCNC(=O)CCC(C(=O)O)N2CCN(CC(=O)O)CCN(CC(=O)O)CC2)C1=O.CC1CC(=O)N(CCC(=O)CCCNC(=O)CCC(C(=O)O)N2CCN3CCN(CC2)CC(=O)[O][Al]([18F])[O]C(=O)C3)C1=O.[18F-].[Cl][Al]([Cl])[Cl]. The van der Waals surface area contributed by atoms with Crippen LogP contribution in [0.15, 0.2) is 0 Å². The van der Waals surface area contributed by atoms with Crippen LogP contribution in [0.4, 0.5) is 3.52 Å². The van der Waals surface area contributed by atoms with E-state index in [9.17, 15) is 91.1 Å². The van der Waals surface area contributed by atoms with Crippen molar-refractivity contribution in [2.24, 2.45) is 11.8 Å². The van der Waals surface area contributed by atoms with Crippen LogP contribution in [-0.2, 0) is 74.7 Å². The Labute approximate surface area is 535 Å². The highest BCUT2D eigenvalue weighted by Crippen LogP contribution is 2.21. The summed E-state index contributed by atoms with van der Waals surface area (Å²) in [5.74, 6) is -8.86. The summed E-state index contributed by atoms with van der Waals surface area (Å²) in [6, 6.07) is -2.04. The number of ketones is 2. The van der Waals surface area contributed by atoms with Crippen molar-refractivity contribution in [3.63, 3.8) is 0 Å². The zero-order valence-electron chi connectivity index (χ0n) is 49.9. The molecule has 0 aromatic heterocycles. The summed E-state index contributed by atoms with van der Waals surface area (Å²) < 4.78 is 23.1. The van der Waals surface area contributed by atoms with Gasteiger partial charge in [0.2, 0.25) is 35.4 Å². The van der Waals surface area contributed by atoms with Crippen LogP contribution in [0.5, 0.6) is 0 Å². The van der Waals surface area contributed by atoms with Gasteiger partial charge in [-0.25, -0.2) is 30.1 Å². The molecule has 6 amide bonds. The Bertz CT molecular complexity index is 2410. The summed E-state index contributed by atoms with van der Waals surface area (Å²) in [6.07, 6.45) is 1.32. The number of likely N-dealkylation sites (tertiary alicyclic amines) is 2. The maximum absolute atomic E-state index is 13.9. The lowest BCUT2D eigenvalue weighted by Crippen LogP contribution is -3.00. The zero-order valence-corrected chi connectivity index (χ0v) is 54.5. The fraction of sp³-hybridized carbons (Fsp3) is 0.731. The topological polar surface area (TPSA) is 388 Å². The Morgan fingerprint density at radius 3 is 1.19 bits per heavy atom. The number of rotatable bonds is 28. The number of imide groups is 2.